The monoisotopic (exact) mass is 271 g/mol. The van der Waals surface area contributed by atoms with E-state index < -0.39 is 0 Å². The zero-order valence-electron chi connectivity index (χ0n) is 11.9. The molecule has 0 spiro atoms. The van der Waals surface area contributed by atoms with Crippen molar-refractivity contribution in [3.8, 4) is 0 Å². The van der Waals surface area contributed by atoms with E-state index in [-0.39, 0.29) is 0 Å². The Morgan fingerprint density at radius 1 is 1.35 bits per heavy atom. The van der Waals surface area contributed by atoms with Crippen LogP contribution >= 0.6 is 0 Å². The lowest BCUT2D eigenvalue weighted by atomic mass is 10.2. The lowest BCUT2D eigenvalue weighted by Gasteiger charge is -2.23. The molecule has 5 nitrogen and oxygen atoms in total. The molecule has 2 saturated heterocycles. The molecular weight excluding hydrogens is 250 g/mol. The van der Waals surface area contributed by atoms with E-state index in [2.05, 4.69) is 32.9 Å². The number of imidazole rings is 1. The molecule has 0 amide bonds. The molecule has 0 aliphatic carbocycles. The van der Waals surface area contributed by atoms with Crippen LogP contribution in [0.5, 0.6) is 0 Å². The van der Waals surface area contributed by atoms with Crippen molar-refractivity contribution in [2.45, 2.75) is 31.3 Å². The second-order valence-corrected chi connectivity index (χ2v) is 5.97. The predicted molar refractivity (Wildman–Crippen MR) is 78.7 cm³/mol. The summed E-state index contributed by atoms with van der Waals surface area (Å²) in [5.41, 5.74) is 2.09. The Morgan fingerprint density at radius 2 is 2.30 bits per heavy atom. The van der Waals surface area contributed by atoms with Gasteiger partial charge in [-0.25, -0.2) is 9.97 Å². The third-order valence-electron chi connectivity index (χ3n) is 4.69. The van der Waals surface area contributed by atoms with E-state index >= 15 is 0 Å². The van der Waals surface area contributed by atoms with Crippen LogP contribution in [-0.2, 0) is 0 Å². The summed E-state index contributed by atoms with van der Waals surface area (Å²) in [4.78, 5) is 11.9. The number of hydrogen-bond acceptors (Lipinski definition) is 4. The lowest BCUT2D eigenvalue weighted by molar-refractivity contribution is 0.294. The summed E-state index contributed by atoms with van der Waals surface area (Å²) in [6, 6.07) is 5.01. The van der Waals surface area contributed by atoms with E-state index in [1.807, 2.05) is 12.3 Å². The molecule has 4 rings (SSSR count). The van der Waals surface area contributed by atoms with Crippen molar-refractivity contribution >= 4 is 11.2 Å². The summed E-state index contributed by atoms with van der Waals surface area (Å²) >= 11 is 0. The predicted octanol–water partition coefficient (Wildman–Crippen LogP) is 1.73. The molecule has 2 aromatic heterocycles. The average Bonchev–Trinajstić information content (AvgIpc) is 3.15. The van der Waals surface area contributed by atoms with Crippen LogP contribution in [0.2, 0.25) is 0 Å². The smallest absolute Gasteiger partial charge is 0.160 e. The van der Waals surface area contributed by atoms with Crippen molar-refractivity contribution in [2.24, 2.45) is 0 Å². The normalized spacial score (nSPS) is 27.6. The Bertz CT molecular complexity index is 614. The highest BCUT2D eigenvalue weighted by atomic mass is 15.2. The van der Waals surface area contributed by atoms with Crippen molar-refractivity contribution < 1.29 is 0 Å². The molecule has 2 aromatic rings. The SMILES string of the molecule is CN1CCCC1c1nc2cccnc2n1C1CCNC1. The highest BCUT2D eigenvalue weighted by Crippen LogP contribution is 2.34. The molecule has 0 radical (unpaired) electrons. The zero-order valence-corrected chi connectivity index (χ0v) is 11.9. The number of nitrogens with one attached hydrogen (secondary N) is 1. The van der Waals surface area contributed by atoms with Gasteiger partial charge in [-0.1, -0.05) is 0 Å². The molecule has 2 fully saturated rings. The summed E-state index contributed by atoms with van der Waals surface area (Å²) in [6.45, 7) is 3.30. The highest BCUT2D eigenvalue weighted by Gasteiger charge is 2.31. The molecule has 0 aromatic carbocycles. The fourth-order valence-corrected chi connectivity index (χ4v) is 3.64. The van der Waals surface area contributed by atoms with Crippen molar-refractivity contribution in [2.75, 3.05) is 26.7 Å². The Hall–Kier alpha value is -1.46. The number of hydrogen-bond donors (Lipinski definition) is 1. The van der Waals surface area contributed by atoms with Crippen LogP contribution in [0.4, 0.5) is 0 Å². The number of rotatable bonds is 2. The largest absolute Gasteiger partial charge is 0.315 e. The Labute approximate surface area is 119 Å². The first-order valence-corrected chi connectivity index (χ1v) is 7.58. The van der Waals surface area contributed by atoms with Gasteiger partial charge in [0, 0.05) is 12.7 Å². The Kier molecular flexibility index (Phi) is 2.97. The average molecular weight is 271 g/mol. The highest BCUT2D eigenvalue weighted by molar-refractivity contribution is 5.71. The standard InChI is InChI=1S/C15H21N5/c1-19-9-3-5-13(19)15-18-12-4-2-7-17-14(12)20(15)11-6-8-16-10-11/h2,4,7,11,13,16H,3,5-6,8-10H2,1H3. The van der Waals surface area contributed by atoms with Crippen LogP contribution < -0.4 is 5.32 Å². The van der Waals surface area contributed by atoms with Gasteiger partial charge in [0.2, 0.25) is 0 Å². The second-order valence-electron chi connectivity index (χ2n) is 5.97. The number of pyridine rings is 1. The van der Waals surface area contributed by atoms with Gasteiger partial charge in [0.1, 0.15) is 11.3 Å². The van der Waals surface area contributed by atoms with Crippen molar-refractivity contribution in [3.05, 3.63) is 24.2 Å². The molecule has 4 heterocycles. The third kappa shape index (κ3) is 1.84. The topological polar surface area (TPSA) is 46.0 Å². The van der Waals surface area contributed by atoms with E-state index in [1.165, 1.54) is 31.6 Å². The molecule has 5 heteroatoms. The van der Waals surface area contributed by atoms with Gasteiger partial charge in [0.25, 0.3) is 0 Å². The Balaban J connectivity index is 1.87. The maximum absolute atomic E-state index is 4.92. The summed E-state index contributed by atoms with van der Waals surface area (Å²) in [6.07, 6.45) is 5.52. The van der Waals surface area contributed by atoms with Gasteiger partial charge in [0.15, 0.2) is 5.65 Å². The van der Waals surface area contributed by atoms with Crippen molar-refractivity contribution in [1.82, 2.24) is 24.8 Å². The van der Waals surface area contributed by atoms with Crippen LogP contribution in [0.1, 0.15) is 37.2 Å². The second kappa shape index (κ2) is 4.82. The minimum atomic E-state index is 0.449. The molecule has 2 aliphatic rings. The van der Waals surface area contributed by atoms with Gasteiger partial charge >= 0.3 is 0 Å². The first kappa shape index (κ1) is 12.3. The van der Waals surface area contributed by atoms with E-state index in [4.69, 9.17) is 4.98 Å². The maximum Gasteiger partial charge on any atom is 0.160 e. The maximum atomic E-state index is 4.92. The van der Waals surface area contributed by atoms with E-state index in [9.17, 15) is 0 Å². The molecular formula is C15H21N5. The first-order valence-electron chi connectivity index (χ1n) is 7.58. The Morgan fingerprint density at radius 3 is 3.05 bits per heavy atom. The van der Waals surface area contributed by atoms with Gasteiger partial charge in [-0.05, 0) is 51.5 Å². The van der Waals surface area contributed by atoms with Crippen LogP contribution in [0.3, 0.4) is 0 Å². The van der Waals surface area contributed by atoms with Crippen LogP contribution in [0.25, 0.3) is 11.2 Å². The van der Waals surface area contributed by atoms with Crippen LogP contribution in [0, 0.1) is 0 Å². The summed E-state index contributed by atoms with van der Waals surface area (Å²) < 4.78 is 2.40. The fourth-order valence-electron chi connectivity index (χ4n) is 3.64. The minimum absolute atomic E-state index is 0.449. The van der Waals surface area contributed by atoms with Gasteiger partial charge in [-0.3, -0.25) is 4.90 Å². The molecule has 2 unspecified atom stereocenters. The minimum Gasteiger partial charge on any atom is -0.315 e. The number of nitrogens with zero attached hydrogens (tertiary/aromatic N) is 4. The molecule has 20 heavy (non-hydrogen) atoms. The molecule has 2 aliphatic heterocycles. The number of fused-ring (bicyclic) bond motifs is 1. The van der Waals surface area contributed by atoms with E-state index in [0.717, 1.165) is 24.3 Å². The molecule has 2 atom stereocenters. The lowest BCUT2D eigenvalue weighted by Crippen LogP contribution is -2.24. The first-order chi connectivity index (χ1) is 9.84. The van der Waals surface area contributed by atoms with Crippen molar-refractivity contribution in [3.63, 3.8) is 0 Å². The number of aromatic nitrogens is 3. The zero-order chi connectivity index (χ0) is 13.5. The van der Waals surface area contributed by atoms with E-state index in [0.29, 0.717) is 12.1 Å². The van der Waals surface area contributed by atoms with Gasteiger partial charge in [-0.2, -0.15) is 0 Å². The van der Waals surface area contributed by atoms with Gasteiger partial charge in [-0.15, -0.1) is 0 Å². The van der Waals surface area contributed by atoms with Crippen LogP contribution in [-0.4, -0.2) is 46.1 Å². The third-order valence-corrected chi connectivity index (χ3v) is 4.69. The molecule has 1 N–H and O–H groups in total. The van der Waals surface area contributed by atoms with Gasteiger partial charge in [0.05, 0.1) is 12.1 Å². The quantitative estimate of drug-likeness (QED) is 0.903. The fraction of sp³-hybridized carbons (Fsp3) is 0.600. The summed E-state index contributed by atoms with van der Waals surface area (Å²) in [7, 11) is 2.21. The summed E-state index contributed by atoms with van der Waals surface area (Å²) in [5, 5.41) is 3.46. The van der Waals surface area contributed by atoms with Crippen molar-refractivity contribution in [1.29, 1.82) is 0 Å². The van der Waals surface area contributed by atoms with Gasteiger partial charge < -0.3 is 9.88 Å². The van der Waals surface area contributed by atoms with Crippen LogP contribution in [0.15, 0.2) is 18.3 Å². The molecule has 106 valence electrons. The molecule has 0 bridgehead atoms. The number of likely N-dealkylation sites (tertiary alicyclic amines) is 1. The molecule has 0 saturated carbocycles. The van der Waals surface area contributed by atoms with E-state index in [1.54, 1.807) is 0 Å². The summed E-state index contributed by atoms with van der Waals surface area (Å²) in [5.74, 6) is 1.22.